The molecule has 4 heteroatoms. The number of alkyl halides is 1. The van der Waals surface area contributed by atoms with Gasteiger partial charge in [-0.25, -0.2) is 4.39 Å². The second kappa shape index (κ2) is 3.19. The standard InChI is InChI=1S/C10H17FN2O/c1-10(4-8(10)11)9(14)13-3-2-7(5-12)6-13/h7-8H,2-6,12H2,1H3. The van der Waals surface area contributed by atoms with E-state index in [1.54, 1.807) is 11.8 Å². The lowest BCUT2D eigenvalue weighted by atomic mass is 10.1. The van der Waals surface area contributed by atoms with E-state index in [2.05, 4.69) is 0 Å². The maximum atomic E-state index is 13.0. The van der Waals surface area contributed by atoms with Crippen molar-refractivity contribution in [1.82, 2.24) is 4.90 Å². The molecule has 1 saturated carbocycles. The monoisotopic (exact) mass is 200 g/mol. The third-order valence-electron chi connectivity index (χ3n) is 3.53. The van der Waals surface area contributed by atoms with E-state index in [-0.39, 0.29) is 5.91 Å². The SMILES string of the molecule is CC1(C(=O)N2CCC(CN)C2)CC1F. The molecule has 2 N–H and O–H groups in total. The van der Waals surface area contributed by atoms with Crippen LogP contribution in [0.15, 0.2) is 0 Å². The number of amides is 1. The molecule has 14 heavy (non-hydrogen) atoms. The fourth-order valence-electron chi connectivity index (χ4n) is 2.11. The summed E-state index contributed by atoms with van der Waals surface area (Å²) in [5, 5.41) is 0. The Bertz CT molecular complexity index is 259. The lowest BCUT2D eigenvalue weighted by Crippen LogP contribution is -2.36. The van der Waals surface area contributed by atoms with Crippen molar-refractivity contribution < 1.29 is 9.18 Å². The molecule has 0 aromatic carbocycles. The molecule has 1 aliphatic carbocycles. The van der Waals surface area contributed by atoms with E-state index in [9.17, 15) is 9.18 Å². The van der Waals surface area contributed by atoms with E-state index in [0.29, 0.717) is 18.9 Å². The van der Waals surface area contributed by atoms with Crippen molar-refractivity contribution in [3.05, 3.63) is 0 Å². The van der Waals surface area contributed by atoms with Crippen LogP contribution in [-0.2, 0) is 4.79 Å². The summed E-state index contributed by atoms with van der Waals surface area (Å²) in [4.78, 5) is 13.6. The lowest BCUT2D eigenvalue weighted by molar-refractivity contribution is -0.136. The Morgan fingerprint density at radius 1 is 1.71 bits per heavy atom. The topological polar surface area (TPSA) is 46.3 Å². The van der Waals surface area contributed by atoms with Crippen LogP contribution < -0.4 is 5.73 Å². The normalized spacial score (nSPS) is 41.5. The third kappa shape index (κ3) is 1.41. The molecule has 0 aromatic heterocycles. The summed E-state index contributed by atoms with van der Waals surface area (Å²) in [6.45, 7) is 3.82. The van der Waals surface area contributed by atoms with E-state index < -0.39 is 11.6 Å². The average molecular weight is 200 g/mol. The molecule has 0 radical (unpaired) electrons. The van der Waals surface area contributed by atoms with Crippen molar-refractivity contribution >= 4 is 5.91 Å². The maximum absolute atomic E-state index is 13.0. The van der Waals surface area contributed by atoms with E-state index in [0.717, 1.165) is 19.5 Å². The summed E-state index contributed by atoms with van der Waals surface area (Å²) in [7, 11) is 0. The molecule has 3 unspecified atom stereocenters. The summed E-state index contributed by atoms with van der Waals surface area (Å²) in [6.07, 6.45) is 0.442. The third-order valence-corrected chi connectivity index (χ3v) is 3.53. The van der Waals surface area contributed by atoms with E-state index in [4.69, 9.17) is 5.73 Å². The number of likely N-dealkylation sites (tertiary alicyclic amines) is 1. The van der Waals surface area contributed by atoms with Gasteiger partial charge >= 0.3 is 0 Å². The lowest BCUT2D eigenvalue weighted by Gasteiger charge is -2.20. The highest BCUT2D eigenvalue weighted by molar-refractivity contribution is 5.86. The van der Waals surface area contributed by atoms with E-state index >= 15 is 0 Å². The number of carbonyl (C=O) groups is 1. The molecular formula is C10H17FN2O. The average Bonchev–Trinajstić information content (AvgIpc) is 2.67. The molecule has 0 bridgehead atoms. The van der Waals surface area contributed by atoms with Crippen LogP contribution in [0.4, 0.5) is 4.39 Å². The van der Waals surface area contributed by atoms with Gasteiger partial charge in [-0.2, -0.15) is 0 Å². The van der Waals surface area contributed by atoms with Crippen LogP contribution >= 0.6 is 0 Å². The number of hydrogen-bond donors (Lipinski definition) is 1. The molecule has 3 atom stereocenters. The van der Waals surface area contributed by atoms with Crippen molar-refractivity contribution in [3.63, 3.8) is 0 Å². The second-order valence-electron chi connectivity index (χ2n) is 4.73. The number of nitrogens with zero attached hydrogens (tertiary/aromatic N) is 1. The fourth-order valence-corrected chi connectivity index (χ4v) is 2.11. The highest BCUT2D eigenvalue weighted by atomic mass is 19.1. The Kier molecular flexibility index (Phi) is 2.26. The number of carbonyl (C=O) groups excluding carboxylic acids is 1. The van der Waals surface area contributed by atoms with Gasteiger partial charge in [0.25, 0.3) is 0 Å². The molecule has 80 valence electrons. The Labute approximate surface area is 83.4 Å². The second-order valence-corrected chi connectivity index (χ2v) is 4.73. The van der Waals surface area contributed by atoms with Gasteiger partial charge in [-0.05, 0) is 32.2 Å². The van der Waals surface area contributed by atoms with Crippen LogP contribution in [0, 0.1) is 11.3 Å². The Morgan fingerprint density at radius 2 is 2.36 bits per heavy atom. The van der Waals surface area contributed by atoms with Gasteiger partial charge in [-0.3, -0.25) is 4.79 Å². The highest BCUT2D eigenvalue weighted by Gasteiger charge is 2.58. The Hall–Kier alpha value is -0.640. The van der Waals surface area contributed by atoms with Gasteiger partial charge in [-0.15, -0.1) is 0 Å². The molecular weight excluding hydrogens is 183 g/mol. The minimum atomic E-state index is -0.924. The molecule has 1 saturated heterocycles. The van der Waals surface area contributed by atoms with Crippen LogP contribution in [0.1, 0.15) is 19.8 Å². The van der Waals surface area contributed by atoms with Crippen molar-refractivity contribution in [2.75, 3.05) is 19.6 Å². The number of hydrogen-bond acceptors (Lipinski definition) is 2. The van der Waals surface area contributed by atoms with Gasteiger partial charge < -0.3 is 10.6 Å². The first-order chi connectivity index (χ1) is 6.58. The minimum Gasteiger partial charge on any atom is -0.342 e. The number of rotatable bonds is 2. The van der Waals surface area contributed by atoms with Crippen molar-refractivity contribution in [2.45, 2.75) is 25.9 Å². The number of nitrogens with two attached hydrogens (primary N) is 1. The zero-order chi connectivity index (χ0) is 10.3. The van der Waals surface area contributed by atoms with Crippen LogP contribution in [0.3, 0.4) is 0 Å². The highest BCUT2D eigenvalue weighted by Crippen LogP contribution is 2.50. The smallest absolute Gasteiger partial charge is 0.231 e. The van der Waals surface area contributed by atoms with Crippen molar-refractivity contribution in [1.29, 1.82) is 0 Å². The Morgan fingerprint density at radius 3 is 2.79 bits per heavy atom. The molecule has 3 nitrogen and oxygen atoms in total. The van der Waals surface area contributed by atoms with Crippen LogP contribution in [-0.4, -0.2) is 36.6 Å². The molecule has 1 aliphatic heterocycles. The summed E-state index contributed by atoms with van der Waals surface area (Å²) < 4.78 is 13.0. The van der Waals surface area contributed by atoms with Gasteiger partial charge in [0.2, 0.25) is 5.91 Å². The molecule has 1 heterocycles. The molecule has 2 fully saturated rings. The summed E-state index contributed by atoms with van der Waals surface area (Å²) in [5.41, 5.74) is 4.83. The van der Waals surface area contributed by atoms with Gasteiger partial charge in [0.05, 0.1) is 5.41 Å². The molecule has 0 spiro atoms. The number of halogens is 1. The van der Waals surface area contributed by atoms with Crippen LogP contribution in [0.2, 0.25) is 0 Å². The summed E-state index contributed by atoms with van der Waals surface area (Å²) in [6, 6.07) is 0. The zero-order valence-electron chi connectivity index (χ0n) is 8.50. The van der Waals surface area contributed by atoms with Crippen LogP contribution in [0.5, 0.6) is 0 Å². The molecule has 0 aromatic rings. The van der Waals surface area contributed by atoms with E-state index in [1.807, 2.05) is 0 Å². The minimum absolute atomic E-state index is 0.0130. The van der Waals surface area contributed by atoms with Gasteiger partial charge in [0.15, 0.2) is 0 Å². The first kappa shape index (κ1) is 9.90. The van der Waals surface area contributed by atoms with Gasteiger partial charge in [-0.1, -0.05) is 0 Å². The predicted octanol–water partition coefficient (Wildman–Crippen LogP) is 0.542. The first-order valence-electron chi connectivity index (χ1n) is 5.21. The Balaban J connectivity index is 1.94. The fraction of sp³-hybridized carbons (Fsp3) is 0.900. The van der Waals surface area contributed by atoms with Gasteiger partial charge in [0, 0.05) is 13.1 Å². The predicted molar refractivity (Wildman–Crippen MR) is 51.4 cm³/mol. The largest absolute Gasteiger partial charge is 0.342 e. The molecule has 2 rings (SSSR count). The van der Waals surface area contributed by atoms with Crippen molar-refractivity contribution in [2.24, 2.45) is 17.1 Å². The summed E-state index contributed by atoms with van der Waals surface area (Å²) in [5.74, 6) is 0.403. The molecule has 2 aliphatic rings. The zero-order valence-corrected chi connectivity index (χ0v) is 8.50. The van der Waals surface area contributed by atoms with Crippen molar-refractivity contribution in [3.8, 4) is 0 Å². The molecule has 1 amide bonds. The van der Waals surface area contributed by atoms with Gasteiger partial charge in [0.1, 0.15) is 6.17 Å². The van der Waals surface area contributed by atoms with E-state index in [1.165, 1.54) is 0 Å². The van der Waals surface area contributed by atoms with Crippen LogP contribution in [0.25, 0.3) is 0 Å². The quantitative estimate of drug-likeness (QED) is 0.707. The summed E-state index contributed by atoms with van der Waals surface area (Å²) >= 11 is 0. The maximum Gasteiger partial charge on any atom is 0.231 e. The first-order valence-corrected chi connectivity index (χ1v) is 5.21.